The number of carbonyl (C=O) groups excluding carboxylic acids is 1. The van der Waals surface area contributed by atoms with Crippen molar-refractivity contribution in [2.75, 3.05) is 13.7 Å². The minimum Gasteiger partial charge on any atom is -0.496 e. The van der Waals surface area contributed by atoms with Gasteiger partial charge in [0, 0.05) is 35.9 Å². The first-order valence-corrected chi connectivity index (χ1v) is 11.3. The number of hydrogen-bond donors (Lipinski definition) is 1. The van der Waals surface area contributed by atoms with Crippen molar-refractivity contribution in [2.24, 2.45) is 0 Å². The third-order valence-corrected chi connectivity index (χ3v) is 6.47. The molecule has 0 fully saturated rings. The maximum Gasteiger partial charge on any atom is 0.335 e. The maximum absolute atomic E-state index is 13.8. The number of aromatic carboxylic acids is 1. The molecule has 0 bridgehead atoms. The molecule has 1 N–H and O–H groups in total. The SMILES string of the molecule is COc1cc(C(=O)O)ccc1CC(=O)N1CCc2c(n(Cc3cccc(F)c3)c3ncccc23)C1. The molecule has 0 unspecified atom stereocenters. The van der Waals surface area contributed by atoms with Crippen LogP contribution in [0.1, 0.15) is 32.7 Å². The predicted molar refractivity (Wildman–Crippen MR) is 128 cm³/mol. The Hall–Kier alpha value is -4.20. The van der Waals surface area contributed by atoms with Gasteiger partial charge in [0.2, 0.25) is 5.91 Å². The van der Waals surface area contributed by atoms with Crippen LogP contribution in [0.3, 0.4) is 0 Å². The second-order valence-corrected chi connectivity index (χ2v) is 8.59. The van der Waals surface area contributed by atoms with Gasteiger partial charge in [0.25, 0.3) is 0 Å². The Bertz CT molecular complexity index is 1450. The molecule has 1 aliphatic rings. The van der Waals surface area contributed by atoms with Gasteiger partial charge in [-0.2, -0.15) is 0 Å². The molecule has 2 aromatic carbocycles. The molecule has 0 saturated carbocycles. The summed E-state index contributed by atoms with van der Waals surface area (Å²) >= 11 is 0. The zero-order chi connectivity index (χ0) is 24.5. The third-order valence-electron chi connectivity index (χ3n) is 6.47. The zero-order valence-electron chi connectivity index (χ0n) is 19.2. The van der Waals surface area contributed by atoms with Crippen molar-refractivity contribution in [3.05, 3.63) is 94.6 Å². The van der Waals surface area contributed by atoms with Crippen LogP contribution in [-0.2, 0) is 30.7 Å². The number of aromatic nitrogens is 2. The molecule has 178 valence electrons. The number of carboxylic acids is 1. The number of amides is 1. The first kappa shape index (κ1) is 22.6. The molecule has 8 heteroatoms. The topological polar surface area (TPSA) is 84.7 Å². The lowest BCUT2D eigenvalue weighted by atomic mass is 10.0. The molecular weight excluding hydrogens is 449 g/mol. The van der Waals surface area contributed by atoms with Gasteiger partial charge in [0.1, 0.15) is 17.2 Å². The van der Waals surface area contributed by atoms with E-state index in [9.17, 15) is 19.1 Å². The Balaban J connectivity index is 1.44. The number of hydrogen-bond acceptors (Lipinski definition) is 4. The van der Waals surface area contributed by atoms with Crippen LogP contribution in [0.4, 0.5) is 4.39 Å². The van der Waals surface area contributed by atoms with E-state index in [0.717, 1.165) is 27.9 Å². The third kappa shape index (κ3) is 4.35. The van der Waals surface area contributed by atoms with Crippen LogP contribution < -0.4 is 4.74 Å². The summed E-state index contributed by atoms with van der Waals surface area (Å²) in [5.41, 5.74) is 4.54. The fourth-order valence-electron chi connectivity index (χ4n) is 4.76. The monoisotopic (exact) mass is 473 g/mol. The standard InChI is InChI=1S/C27H24FN3O4/c1-35-24-13-19(27(33)34)8-7-18(24)14-25(32)30-11-9-21-22-6-3-10-29-26(22)31(23(21)16-30)15-17-4-2-5-20(28)12-17/h2-8,10,12-13H,9,11,14-16H2,1H3,(H,33,34). The predicted octanol–water partition coefficient (Wildman–Crippen LogP) is 4.06. The van der Waals surface area contributed by atoms with E-state index in [-0.39, 0.29) is 23.7 Å². The van der Waals surface area contributed by atoms with Crippen molar-refractivity contribution in [2.45, 2.75) is 25.9 Å². The highest BCUT2D eigenvalue weighted by Crippen LogP contribution is 2.31. The first-order valence-electron chi connectivity index (χ1n) is 11.3. The molecule has 0 atom stereocenters. The summed E-state index contributed by atoms with van der Waals surface area (Å²) in [6.07, 6.45) is 2.53. The molecule has 35 heavy (non-hydrogen) atoms. The van der Waals surface area contributed by atoms with Gasteiger partial charge in [-0.05, 0) is 53.9 Å². The molecule has 5 rings (SSSR count). The summed E-state index contributed by atoms with van der Waals surface area (Å²) in [4.78, 5) is 30.9. The minimum atomic E-state index is -1.05. The van der Waals surface area contributed by atoms with E-state index in [1.807, 2.05) is 18.2 Å². The molecule has 0 spiro atoms. The Labute approximate surface area is 201 Å². The van der Waals surface area contributed by atoms with E-state index in [1.54, 1.807) is 23.2 Å². The average Bonchev–Trinajstić information content (AvgIpc) is 3.17. The number of carbonyl (C=O) groups is 2. The fourth-order valence-corrected chi connectivity index (χ4v) is 4.76. The van der Waals surface area contributed by atoms with Crippen LogP contribution in [0.2, 0.25) is 0 Å². The number of benzene rings is 2. The number of halogens is 1. The van der Waals surface area contributed by atoms with Crippen molar-refractivity contribution >= 4 is 22.9 Å². The molecule has 3 heterocycles. The second-order valence-electron chi connectivity index (χ2n) is 8.59. The molecule has 0 aliphatic carbocycles. The highest BCUT2D eigenvalue weighted by Gasteiger charge is 2.28. The molecule has 4 aromatic rings. The fraction of sp³-hybridized carbons (Fsp3) is 0.222. The smallest absolute Gasteiger partial charge is 0.335 e. The van der Waals surface area contributed by atoms with E-state index >= 15 is 0 Å². The summed E-state index contributed by atoms with van der Waals surface area (Å²) in [6, 6.07) is 15.0. The normalized spacial score (nSPS) is 13.0. The lowest BCUT2D eigenvalue weighted by Gasteiger charge is -2.29. The van der Waals surface area contributed by atoms with Crippen molar-refractivity contribution in [3.63, 3.8) is 0 Å². The van der Waals surface area contributed by atoms with E-state index in [0.29, 0.717) is 37.4 Å². The quantitative estimate of drug-likeness (QED) is 0.457. The summed E-state index contributed by atoms with van der Waals surface area (Å²) < 4.78 is 21.2. The number of carboxylic acid groups (broad SMARTS) is 1. The van der Waals surface area contributed by atoms with Crippen molar-refractivity contribution in [3.8, 4) is 5.75 Å². The molecule has 0 radical (unpaired) electrons. The Morgan fingerprint density at radius 1 is 1.14 bits per heavy atom. The van der Waals surface area contributed by atoms with Gasteiger partial charge in [-0.25, -0.2) is 14.2 Å². The van der Waals surface area contributed by atoms with Crippen molar-refractivity contribution < 1.29 is 23.8 Å². The summed E-state index contributed by atoms with van der Waals surface area (Å²) in [6.45, 7) is 1.43. The summed E-state index contributed by atoms with van der Waals surface area (Å²) in [7, 11) is 1.46. The Morgan fingerprint density at radius 3 is 2.77 bits per heavy atom. The van der Waals surface area contributed by atoms with Gasteiger partial charge < -0.3 is 19.3 Å². The number of methoxy groups -OCH3 is 1. The summed E-state index contributed by atoms with van der Waals surface area (Å²) in [5.74, 6) is -1.04. The van der Waals surface area contributed by atoms with Gasteiger partial charge >= 0.3 is 5.97 Å². The zero-order valence-corrected chi connectivity index (χ0v) is 19.2. The molecule has 1 aliphatic heterocycles. The van der Waals surface area contributed by atoms with Crippen LogP contribution in [0.5, 0.6) is 5.75 Å². The van der Waals surface area contributed by atoms with Gasteiger partial charge in [-0.3, -0.25) is 4.79 Å². The lowest BCUT2D eigenvalue weighted by molar-refractivity contribution is -0.131. The van der Waals surface area contributed by atoms with Gasteiger partial charge in [0.15, 0.2) is 0 Å². The van der Waals surface area contributed by atoms with Crippen LogP contribution in [0, 0.1) is 5.82 Å². The van der Waals surface area contributed by atoms with E-state index < -0.39 is 5.97 Å². The van der Waals surface area contributed by atoms with E-state index in [2.05, 4.69) is 9.55 Å². The van der Waals surface area contributed by atoms with Crippen LogP contribution in [0.25, 0.3) is 11.0 Å². The van der Waals surface area contributed by atoms with Crippen molar-refractivity contribution in [1.82, 2.24) is 14.5 Å². The summed E-state index contributed by atoms with van der Waals surface area (Å²) in [5, 5.41) is 10.3. The average molecular weight is 474 g/mol. The lowest BCUT2D eigenvalue weighted by Crippen LogP contribution is -2.37. The highest BCUT2D eigenvalue weighted by molar-refractivity contribution is 5.89. The number of ether oxygens (including phenoxy) is 1. The molecule has 0 saturated heterocycles. The van der Waals surface area contributed by atoms with E-state index in [1.165, 1.54) is 31.4 Å². The molecule has 2 aromatic heterocycles. The highest BCUT2D eigenvalue weighted by atomic mass is 19.1. The van der Waals surface area contributed by atoms with Crippen molar-refractivity contribution in [1.29, 1.82) is 0 Å². The molecule has 7 nitrogen and oxygen atoms in total. The van der Waals surface area contributed by atoms with Crippen LogP contribution >= 0.6 is 0 Å². The largest absolute Gasteiger partial charge is 0.496 e. The van der Waals surface area contributed by atoms with Crippen LogP contribution in [-0.4, -0.2) is 45.1 Å². The first-order chi connectivity index (χ1) is 16.9. The number of pyridine rings is 1. The molecular formula is C27H24FN3O4. The number of nitrogens with zero attached hydrogens (tertiary/aromatic N) is 3. The maximum atomic E-state index is 13.8. The minimum absolute atomic E-state index is 0.0763. The van der Waals surface area contributed by atoms with Gasteiger partial charge in [0.05, 0.1) is 25.6 Å². The van der Waals surface area contributed by atoms with Gasteiger partial charge in [-0.15, -0.1) is 0 Å². The Morgan fingerprint density at radius 2 is 2.00 bits per heavy atom. The Kier molecular flexibility index (Phi) is 5.94. The van der Waals surface area contributed by atoms with Gasteiger partial charge in [-0.1, -0.05) is 18.2 Å². The second kappa shape index (κ2) is 9.21. The van der Waals surface area contributed by atoms with E-state index in [4.69, 9.17) is 4.74 Å². The molecule has 1 amide bonds. The number of rotatable bonds is 6. The van der Waals surface area contributed by atoms with Crippen LogP contribution in [0.15, 0.2) is 60.8 Å². The number of fused-ring (bicyclic) bond motifs is 3.